The number of piperidine rings is 1. The first-order chi connectivity index (χ1) is 13.6. The van der Waals surface area contributed by atoms with Gasteiger partial charge in [-0.05, 0) is 63.5 Å². The van der Waals surface area contributed by atoms with Crippen molar-refractivity contribution in [1.82, 2.24) is 15.1 Å². The molecular formula is C21H32N4O3. The highest BCUT2D eigenvalue weighted by atomic mass is 16.5. The Bertz CT molecular complexity index is 680. The monoisotopic (exact) mass is 388 g/mol. The van der Waals surface area contributed by atoms with Crippen molar-refractivity contribution in [1.29, 1.82) is 0 Å². The third-order valence-electron chi connectivity index (χ3n) is 5.75. The van der Waals surface area contributed by atoms with Gasteiger partial charge in [-0.25, -0.2) is 0 Å². The summed E-state index contributed by atoms with van der Waals surface area (Å²) in [4.78, 5) is 29.4. The summed E-state index contributed by atoms with van der Waals surface area (Å²) >= 11 is 0. The fraction of sp³-hybridized carbons (Fsp3) is 0.619. The van der Waals surface area contributed by atoms with Crippen LogP contribution in [0.2, 0.25) is 0 Å². The molecule has 7 nitrogen and oxygen atoms in total. The fourth-order valence-electron chi connectivity index (χ4n) is 3.85. The first-order valence-corrected chi connectivity index (χ1v) is 10.2. The maximum atomic E-state index is 12.8. The zero-order valence-corrected chi connectivity index (χ0v) is 17.0. The van der Waals surface area contributed by atoms with Crippen LogP contribution in [0.5, 0.6) is 5.75 Å². The third-order valence-corrected chi connectivity index (χ3v) is 5.75. The number of nitrogens with one attached hydrogen (secondary N) is 2. The summed E-state index contributed by atoms with van der Waals surface area (Å²) in [6.45, 7) is 5.27. The van der Waals surface area contributed by atoms with E-state index >= 15 is 0 Å². The average Bonchev–Trinajstić information content (AvgIpc) is 2.73. The van der Waals surface area contributed by atoms with Crippen molar-refractivity contribution in [3.63, 3.8) is 0 Å². The number of carbonyl (C=O) groups excluding carboxylic acids is 2. The smallest absolute Gasteiger partial charge is 0.254 e. The molecule has 2 aliphatic heterocycles. The van der Waals surface area contributed by atoms with Gasteiger partial charge in [0, 0.05) is 38.2 Å². The lowest BCUT2D eigenvalue weighted by Gasteiger charge is -2.32. The van der Waals surface area contributed by atoms with E-state index in [9.17, 15) is 9.59 Å². The van der Waals surface area contributed by atoms with Crippen molar-refractivity contribution in [2.45, 2.75) is 25.7 Å². The number of methoxy groups -OCH3 is 1. The predicted molar refractivity (Wildman–Crippen MR) is 110 cm³/mol. The standard InChI is InChI=1S/C21H32N4O3/c1-24-11-13-25(14-12-24)21(27)17-4-5-19(28-2)18(15-17)23-20(26)6-3-16-7-9-22-10-8-16/h4-5,15-16,22H,3,6-14H2,1-2H3,(H,23,26). The maximum absolute atomic E-state index is 12.8. The van der Waals surface area contributed by atoms with E-state index in [2.05, 4.69) is 22.6 Å². The molecule has 0 radical (unpaired) electrons. The van der Waals surface area contributed by atoms with Crippen LogP contribution in [0.4, 0.5) is 5.69 Å². The lowest BCUT2D eigenvalue weighted by molar-refractivity contribution is -0.116. The van der Waals surface area contributed by atoms with Gasteiger partial charge in [-0.2, -0.15) is 0 Å². The zero-order chi connectivity index (χ0) is 19.9. The molecule has 2 N–H and O–H groups in total. The first kappa shape index (κ1) is 20.6. The molecule has 0 unspecified atom stereocenters. The Hall–Kier alpha value is -2.12. The van der Waals surface area contributed by atoms with E-state index in [1.807, 2.05) is 4.90 Å². The molecule has 7 heteroatoms. The summed E-state index contributed by atoms with van der Waals surface area (Å²) in [5.41, 5.74) is 1.15. The highest BCUT2D eigenvalue weighted by molar-refractivity contribution is 5.98. The van der Waals surface area contributed by atoms with Crippen LogP contribution in [-0.2, 0) is 4.79 Å². The van der Waals surface area contributed by atoms with Crippen LogP contribution >= 0.6 is 0 Å². The van der Waals surface area contributed by atoms with Gasteiger partial charge in [-0.1, -0.05) is 0 Å². The molecule has 0 atom stereocenters. The minimum absolute atomic E-state index is 0.000887. The van der Waals surface area contributed by atoms with E-state index in [0.29, 0.717) is 29.3 Å². The van der Waals surface area contributed by atoms with Crippen molar-refractivity contribution in [3.8, 4) is 5.75 Å². The normalized spacial score (nSPS) is 18.7. The molecule has 0 spiro atoms. The van der Waals surface area contributed by atoms with Gasteiger partial charge in [0.2, 0.25) is 5.91 Å². The summed E-state index contributed by atoms with van der Waals surface area (Å²) in [5.74, 6) is 1.16. The van der Waals surface area contributed by atoms with Gasteiger partial charge in [0.25, 0.3) is 5.91 Å². The van der Waals surface area contributed by atoms with Gasteiger partial charge in [0.1, 0.15) is 5.75 Å². The Balaban J connectivity index is 1.61. The summed E-state index contributed by atoms with van der Waals surface area (Å²) in [6.07, 6.45) is 3.65. The number of hydrogen-bond donors (Lipinski definition) is 2. The summed E-state index contributed by atoms with van der Waals surface area (Å²) < 4.78 is 5.38. The van der Waals surface area contributed by atoms with Crippen molar-refractivity contribution >= 4 is 17.5 Å². The molecule has 1 aromatic carbocycles. The van der Waals surface area contributed by atoms with E-state index < -0.39 is 0 Å². The molecule has 0 aliphatic carbocycles. The number of hydrogen-bond acceptors (Lipinski definition) is 5. The zero-order valence-electron chi connectivity index (χ0n) is 17.0. The van der Waals surface area contributed by atoms with Crippen molar-refractivity contribution in [2.24, 2.45) is 5.92 Å². The van der Waals surface area contributed by atoms with Crippen LogP contribution in [0.25, 0.3) is 0 Å². The molecule has 154 valence electrons. The minimum Gasteiger partial charge on any atom is -0.495 e. The number of likely N-dealkylation sites (N-methyl/N-ethyl adjacent to an activating group) is 1. The van der Waals surface area contributed by atoms with Crippen LogP contribution in [0, 0.1) is 5.92 Å². The second-order valence-electron chi connectivity index (χ2n) is 7.79. The van der Waals surface area contributed by atoms with Gasteiger partial charge >= 0.3 is 0 Å². The molecule has 2 amide bonds. The number of ether oxygens (including phenoxy) is 1. The highest BCUT2D eigenvalue weighted by Gasteiger charge is 2.22. The molecule has 2 saturated heterocycles. The number of anilines is 1. The van der Waals surface area contributed by atoms with Crippen molar-refractivity contribution in [3.05, 3.63) is 23.8 Å². The van der Waals surface area contributed by atoms with Gasteiger partial charge < -0.3 is 25.2 Å². The van der Waals surface area contributed by atoms with Crippen LogP contribution < -0.4 is 15.4 Å². The lowest BCUT2D eigenvalue weighted by atomic mass is 9.93. The summed E-state index contributed by atoms with van der Waals surface area (Å²) in [5, 5.41) is 6.30. The number of piperazine rings is 1. The van der Waals surface area contributed by atoms with Crippen LogP contribution in [0.3, 0.4) is 0 Å². The lowest BCUT2D eigenvalue weighted by Crippen LogP contribution is -2.47. The quantitative estimate of drug-likeness (QED) is 0.777. The van der Waals surface area contributed by atoms with E-state index in [-0.39, 0.29) is 11.8 Å². The molecule has 0 saturated carbocycles. The molecule has 28 heavy (non-hydrogen) atoms. The van der Waals surface area contributed by atoms with Gasteiger partial charge in [-0.15, -0.1) is 0 Å². The number of amides is 2. The van der Waals surface area contributed by atoms with E-state index in [4.69, 9.17) is 4.74 Å². The maximum Gasteiger partial charge on any atom is 0.254 e. The largest absolute Gasteiger partial charge is 0.495 e. The topological polar surface area (TPSA) is 73.9 Å². The van der Waals surface area contributed by atoms with E-state index in [0.717, 1.165) is 58.5 Å². The Morgan fingerprint density at radius 2 is 1.89 bits per heavy atom. The summed E-state index contributed by atoms with van der Waals surface area (Å²) in [7, 11) is 3.63. The predicted octanol–water partition coefficient (Wildman–Crippen LogP) is 1.80. The molecule has 1 aromatic rings. The Morgan fingerprint density at radius 1 is 1.18 bits per heavy atom. The van der Waals surface area contributed by atoms with Crippen molar-refractivity contribution < 1.29 is 14.3 Å². The number of nitrogens with zero attached hydrogens (tertiary/aromatic N) is 2. The van der Waals surface area contributed by atoms with Crippen molar-refractivity contribution in [2.75, 3.05) is 58.7 Å². The highest BCUT2D eigenvalue weighted by Crippen LogP contribution is 2.27. The molecule has 0 bridgehead atoms. The molecule has 3 rings (SSSR count). The molecular weight excluding hydrogens is 356 g/mol. The second-order valence-corrected chi connectivity index (χ2v) is 7.79. The average molecular weight is 389 g/mol. The van der Waals surface area contributed by atoms with Gasteiger partial charge in [-0.3, -0.25) is 9.59 Å². The molecule has 0 aromatic heterocycles. The summed E-state index contributed by atoms with van der Waals surface area (Å²) in [6, 6.07) is 5.26. The first-order valence-electron chi connectivity index (χ1n) is 10.2. The van der Waals surface area contributed by atoms with Crippen LogP contribution in [0.1, 0.15) is 36.0 Å². The molecule has 2 heterocycles. The van der Waals surface area contributed by atoms with E-state index in [1.165, 1.54) is 0 Å². The number of benzene rings is 1. The Labute approximate surface area is 167 Å². The van der Waals surface area contributed by atoms with Gasteiger partial charge in [0.15, 0.2) is 0 Å². The van der Waals surface area contributed by atoms with Crippen LogP contribution in [-0.4, -0.2) is 75.0 Å². The van der Waals surface area contributed by atoms with Gasteiger partial charge in [0.05, 0.1) is 12.8 Å². The molecule has 2 aliphatic rings. The molecule has 2 fully saturated rings. The second kappa shape index (κ2) is 9.89. The minimum atomic E-state index is -0.0268. The Kier molecular flexibility index (Phi) is 7.28. The third kappa shape index (κ3) is 5.45. The van der Waals surface area contributed by atoms with E-state index in [1.54, 1.807) is 25.3 Å². The number of carbonyl (C=O) groups is 2. The number of rotatable bonds is 6. The fourth-order valence-corrected chi connectivity index (χ4v) is 3.85. The SMILES string of the molecule is COc1ccc(C(=O)N2CCN(C)CC2)cc1NC(=O)CCC1CCNCC1. The van der Waals surface area contributed by atoms with Crippen LogP contribution in [0.15, 0.2) is 18.2 Å². The Morgan fingerprint density at radius 3 is 2.57 bits per heavy atom.